The van der Waals surface area contributed by atoms with Gasteiger partial charge in [-0.05, 0) is 25.7 Å². The molecule has 0 aliphatic carbocycles. The van der Waals surface area contributed by atoms with Gasteiger partial charge in [0.05, 0.1) is 0 Å². The van der Waals surface area contributed by atoms with E-state index in [0.717, 1.165) is 50.7 Å². The predicted molar refractivity (Wildman–Crippen MR) is 78.6 cm³/mol. The zero-order chi connectivity index (χ0) is 14.6. The molecule has 0 saturated carbocycles. The van der Waals surface area contributed by atoms with Gasteiger partial charge in [-0.15, -0.1) is 0 Å². The fraction of sp³-hybridized carbons (Fsp3) is 0.938. The second-order valence-electron chi connectivity index (χ2n) is 6.48. The lowest BCUT2D eigenvalue weighted by atomic mass is 9.92. The van der Waals surface area contributed by atoms with Crippen molar-refractivity contribution in [2.24, 2.45) is 5.16 Å². The van der Waals surface area contributed by atoms with E-state index in [1.165, 1.54) is 32.1 Å². The molecule has 0 aromatic rings. The molecule has 3 fully saturated rings. The van der Waals surface area contributed by atoms with Crippen LogP contribution in [0, 0.1) is 0 Å². The SMILES string of the molecule is CO/N=C1/CCCCCCCCCC23CCCC1(OO2)O3. The summed E-state index contributed by atoms with van der Waals surface area (Å²) in [5, 5.41) is 4.21. The summed E-state index contributed by atoms with van der Waals surface area (Å²) in [5.74, 6) is -1.36. The predicted octanol–water partition coefficient (Wildman–Crippen LogP) is 4.07. The summed E-state index contributed by atoms with van der Waals surface area (Å²) < 4.78 is 6.30. The topological polar surface area (TPSA) is 49.3 Å². The van der Waals surface area contributed by atoms with Crippen LogP contribution >= 0.6 is 0 Å². The van der Waals surface area contributed by atoms with Gasteiger partial charge in [-0.1, -0.05) is 37.3 Å². The van der Waals surface area contributed by atoms with Gasteiger partial charge in [-0.3, -0.25) is 0 Å². The highest BCUT2D eigenvalue weighted by molar-refractivity contribution is 5.91. The van der Waals surface area contributed by atoms with E-state index < -0.39 is 11.6 Å². The number of rotatable bonds is 1. The monoisotopic (exact) mass is 297 g/mol. The fourth-order valence-corrected chi connectivity index (χ4v) is 3.71. The van der Waals surface area contributed by atoms with Crippen molar-refractivity contribution in [1.29, 1.82) is 0 Å². The summed E-state index contributed by atoms with van der Waals surface area (Å²) in [7, 11) is 1.58. The molecular weight excluding hydrogens is 270 g/mol. The first-order chi connectivity index (χ1) is 10.3. The van der Waals surface area contributed by atoms with Crippen molar-refractivity contribution in [1.82, 2.24) is 0 Å². The molecule has 2 atom stereocenters. The zero-order valence-corrected chi connectivity index (χ0v) is 13.1. The Morgan fingerprint density at radius 2 is 1.57 bits per heavy atom. The molecule has 0 amide bonds. The average molecular weight is 297 g/mol. The number of hydrogen-bond acceptors (Lipinski definition) is 5. The molecule has 3 rings (SSSR count). The quantitative estimate of drug-likeness (QED) is 0.541. The summed E-state index contributed by atoms with van der Waals surface area (Å²) in [4.78, 5) is 16.4. The van der Waals surface area contributed by atoms with Crippen molar-refractivity contribution >= 4 is 5.71 Å². The first-order valence-corrected chi connectivity index (χ1v) is 8.46. The van der Waals surface area contributed by atoms with E-state index in [1.807, 2.05) is 0 Å². The fourth-order valence-electron chi connectivity index (χ4n) is 3.71. The van der Waals surface area contributed by atoms with Gasteiger partial charge in [0, 0.05) is 19.3 Å². The van der Waals surface area contributed by atoms with E-state index in [2.05, 4.69) is 5.16 Å². The number of nitrogens with zero attached hydrogens (tertiary/aromatic N) is 1. The smallest absolute Gasteiger partial charge is 0.246 e. The van der Waals surface area contributed by atoms with Crippen LogP contribution in [0.2, 0.25) is 0 Å². The van der Waals surface area contributed by atoms with Gasteiger partial charge in [-0.25, -0.2) is 0 Å². The highest BCUT2D eigenvalue weighted by Gasteiger charge is 2.58. The third-order valence-corrected chi connectivity index (χ3v) is 4.86. The first kappa shape index (κ1) is 15.3. The summed E-state index contributed by atoms with van der Waals surface area (Å²) in [6, 6.07) is 0. The maximum absolute atomic E-state index is 6.30. The lowest BCUT2D eigenvalue weighted by Gasteiger charge is -2.34. The van der Waals surface area contributed by atoms with Crippen LogP contribution < -0.4 is 0 Å². The molecule has 5 nitrogen and oxygen atoms in total. The Kier molecular flexibility index (Phi) is 4.82. The van der Waals surface area contributed by atoms with Crippen LogP contribution in [0.5, 0.6) is 0 Å². The minimum Gasteiger partial charge on any atom is -0.399 e. The number of oxime groups is 1. The van der Waals surface area contributed by atoms with Gasteiger partial charge >= 0.3 is 0 Å². The van der Waals surface area contributed by atoms with Crippen molar-refractivity contribution < 1.29 is 19.3 Å². The van der Waals surface area contributed by atoms with Crippen molar-refractivity contribution in [2.75, 3.05) is 7.11 Å². The summed E-state index contributed by atoms with van der Waals surface area (Å²) in [5.41, 5.74) is 0.853. The van der Waals surface area contributed by atoms with Crippen molar-refractivity contribution in [3.05, 3.63) is 0 Å². The highest BCUT2D eigenvalue weighted by atomic mass is 17.3. The van der Waals surface area contributed by atoms with Crippen LogP contribution in [0.3, 0.4) is 0 Å². The average Bonchev–Trinajstić information content (AvgIpc) is 2.76. The van der Waals surface area contributed by atoms with Gasteiger partial charge in [0.15, 0.2) is 0 Å². The van der Waals surface area contributed by atoms with E-state index in [0.29, 0.717) is 0 Å². The summed E-state index contributed by atoms with van der Waals surface area (Å²) in [6.45, 7) is 0. The molecule has 3 aliphatic rings. The van der Waals surface area contributed by atoms with E-state index in [4.69, 9.17) is 19.3 Å². The third-order valence-electron chi connectivity index (χ3n) is 4.86. The molecule has 3 aliphatic heterocycles. The molecule has 2 unspecified atom stereocenters. The number of hydrogen-bond donors (Lipinski definition) is 0. The molecule has 0 aromatic carbocycles. The van der Waals surface area contributed by atoms with Crippen LogP contribution in [0.25, 0.3) is 0 Å². The molecule has 5 heteroatoms. The molecule has 0 spiro atoms. The summed E-state index contributed by atoms with van der Waals surface area (Å²) >= 11 is 0. The van der Waals surface area contributed by atoms with Crippen LogP contribution in [0.4, 0.5) is 0 Å². The normalized spacial score (nSPS) is 40.1. The van der Waals surface area contributed by atoms with Gasteiger partial charge in [-0.2, -0.15) is 9.78 Å². The van der Waals surface area contributed by atoms with Crippen molar-refractivity contribution in [3.63, 3.8) is 0 Å². The Balaban J connectivity index is 1.80. The van der Waals surface area contributed by atoms with Crippen LogP contribution in [0.1, 0.15) is 77.0 Å². The van der Waals surface area contributed by atoms with Crippen molar-refractivity contribution in [3.8, 4) is 0 Å². The molecule has 120 valence electrons. The second-order valence-corrected chi connectivity index (χ2v) is 6.48. The number of ether oxygens (including phenoxy) is 1. The molecular formula is C16H27NO4. The van der Waals surface area contributed by atoms with Gasteiger partial charge in [0.2, 0.25) is 11.6 Å². The molecule has 3 heterocycles. The first-order valence-electron chi connectivity index (χ1n) is 8.46. The van der Waals surface area contributed by atoms with Gasteiger partial charge in [0.1, 0.15) is 12.8 Å². The van der Waals surface area contributed by atoms with Gasteiger partial charge < -0.3 is 9.57 Å². The minimum absolute atomic E-state index is 0.555. The Bertz CT molecular complexity index is 386. The molecule has 3 saturated heterocycles. The van der Waals surface area contributed by atoms with Gasteiger partial charge in [0.25, 0.3) is 0 Å². The Morgan fingerprint density at radius 1 is 0.857 bits per heavy atom. The maximum atomic E-state index is 6.30. The van der Waals surface area contributed by atoms with Crippen LogP contribution in [0.15, 0.2) is 5.16 Å². The molecule has 2 bridgehead atoms. The minimum atomic E-state index is -0.803. The van der Waals surface area contributed by atoms with Crippen molar-refractivity contribution in [2.45, 2.75) is 88.6 Å². The molecule has 0 N–H and O–H groups in total. The second kappa shape index (κ2) is 6.63. The van der Waals surface area contributed by atoms with E-state index in [-0.39, 0.29) is 0 Å². The lowest BCUT2D eigenvalue weighted by Crippen LogP contribution is -2.46. The molecule has 0 radical (unpaired) electrons. The Hall–Kier alpha value is -0.650. The Labute approximate surface area is 126 Å². The molecule has 0 aromatic heterocycles. The zero-order valence-electron chi connectivity index (χ0n) is 13.1. The maximum Gasteiger partial charge on any atom is 0.246 e. The van der Waals surface area contributed by atoms with Crippen LogP contribution in [-0.2, 0) is 19.3 Å². The standard InChI is InChI=1S/C16H27NO4/c1-18-17-14-10-7-5-3-2-4-6-8-11-15-12-9-13-16(14,19-15)21-20-15/h2-13H2,1H3/b17-14-. The van der Waals surface area contributed by atoms with Crippen LogP contribution in [-0.4, -0.2) is 24.4 Å². The molecule has 21 heavy (non-hydrogen) atoms. The van der Waals surface area contributed by atoms with E-state index in [1.54, 1.807) is 7.11 Å². The Morgan fingerprint density at radius 3 is 2.38 bits per heavy atom. The van der Waals surface area contributed by atoms with E-state index in [9.17, 15) is 0 Å². The highest BCUT2D eigenvalue weighted by Crippen LogP contribution is 2.48. The largest absolute Gasteiger partial charge is 0.399 e. The van der Waals surface area contributed by atoms with E-state index >= 15 is 0 Å². The summed E-state index contributed by atoms with van der Waals surface area (Å²) in [6.07, 6.45) is 13.2. The lowest BCUT2D eigenvalue weighted by molar-refractivity contribution is -0.335. The third kappa shape index (κ3) is 3.25.